The number of hydrogen-bond donors (Lipinski definition) is 1. The van der Waals surface area contributed by atoms with E-state index in [0.29, 0.717) is 12.5 Å². The zero-order valence-electron chi connectivity index (χ0n) is 13.8. The van der Waals surface area contributed by atoms with Crippen LogP contribution in [-0.2, 0) is 4.79 Å². The predicted octanol–water partition coefficient (Wildman–Crippen LogP) is 3.01. The van der Waals surface area contributed by atoms with Crippen LogP contribution < -0.4 is 4.74 Å². The summed E-state index contributed by atoms with van der Waals surface area (Å²) in [6.45, 7) is 2.34. The van der Waals surface area contributed by atoms with Crippen molar-refractivity contribution in [3.05, 3.63) is 29.8 Å². The Labute approximate surface area is 133 Å². The molecule has 1 fully saturated rings. The van der Waals surface area contributed by atoms with Gasteiger partial charge in [-0.3, -0.25) is 4.79 Å². The minimum absolute atomic E-state index is 0.0515. The lowest BCUT2D eigenvalue weighted by molar-refractivity contribution is -0.136. The quantitative estimate of drug-likeness (QED) is 0.879. The van der Waals surface area contributed by atoms with Gasteiger partial charge in [0, 0.05) is 13.0 Å². The summed E-state index contributed by atoms with van der Waals surface area (Å²) >= 11 is 0. The van der Waals surface area contributed by atoms with Gasteiger partial charge in [0.05, 0.1) is 19.8 Å². The van der Waals surface area contributed by atoms with Crippen LogP contribution in [0, 0.1) is 11.8 Å². The maximum atomic E-state index is 12.5. The molecule has 1 amide bonds. The Bertz CT molecular complexity index is 480. The maximum Gasteiger partial charge on any atom is 0.225 e. The molecule has 1 N–H and O–H groups in total. The second kappa shape index (κ2) is 7.63. The second-order valence-corrected chi connectivity index (χ2v) is 6.34. The van der Waals surface area contributed by atoms with E-state index in [4.69, 9.17) is 4.74 Å². The first-order chi connectivity index (χ1) is 10.5. The van der Waals surface area contributed by atoms with Crippen LogP contribution in [0.4, 0.5) is 0 Å². The van der Waals surface area contributed by atoms with Gasteiger partial charge in [-0.2, -0.15) is 0 Å². The third-order valence-electron chi connectivity index (χ3n) is 4.82. The van der Waals surface area contributed by atoms with E-state index in [1.165, 1.54) is 12.8 Å². The number of carbonyl (C=O) groups excluding carboxylic acids is 1. The molecular weight excluding hydrogens is 278 g/mol. The highest BCUT2D eigenvalue weighted by Crippen LogP contribution is 2.32. The number of rotatable bonds is 6. The molecule has 1 saturated carbocycles. The Morgan fingerprint density at radius 2 is 1.91 bits per heavy atom. The van der Waals surface area contributed by atoms with Crippen molar-refractivity contribution in [1.29, 1.82) is 0 Å². The number of hydrogen-bond acceptors (Lipinski definition) is 3. The molecule has 122 valence electrons. The van der Waals surface area contributed by atoms with Gasteiger partial charge in [-0.25, -0.2) is 0 Å². The van der Waals surface area contributed by atoms with Gasteiger partial charge < -0.3 is 14.7 Å². The molecule has 0 radical (unpaired) electrons. The van der Waals surface area contributed by atoms with Crippen LogP contribution >= 0.6 is 0 Å². The zero-order chi connectivity index (χ0) is 16.1. The number of ether oxygens (including phenoxy) is 1. The Kier molecular flexibility index (Phi) is 5.83. The van der Waals surface area contributed by atoms with Crippen LogP contribution in [0.1, 0.15) is 44.3 Å². The van der Waals surface area contributed by atoms with E-state index in [0.717, 1.165) is 24.2 Å². The first-order valence-electron chi connectivity index (χ1n) is 8.10. The van der Waals surface area contributed by atoms with Crippen LogP contribution in [0.15, 0.2) is 24.3 Å². The van der Waals surface area contributed by atoms with Gasteiger partial charge in [-0.1, -0.05) is 31.9 Å². The van der Waals surface area contributed by atoms with Crippen molar-refractivity contribution in [3.8, 4) is 5.75 Å². The van der Waals surface area contributed by atoms with Crippen LogP contribution in [0.3, 0.4) is 0 Å². The minimum Gasteiger partial charge on any atom is -0.497 e. The largest absolute Gasteiger partial charge is 0.497 e. The fourth-order valence-corrected chi connectivity index (χ4v) is 3.29. The smallest absolute Gasteiger partial charge is 0.225 e. The molecule has 4 nitrogen and oxygen atoms in total. The monoisotopic (exact) mass is 305 g/mol. The first-order valence-corrected chi connectivity index (χ1v) is 8.10. The number of likely N-dealkylation sites (N-methyl/N-ethyl adjacent to an activating group) is 1. The van der Waals surface area contributed by atoms with E-state index < -0.39 is 6.10 Å². The minimum atomic E-state index is -0.671. The van der Waals surface area contributed by atoms with Crippen molar-refractivity contribution in [2.75, 3.05) is 20.7 Å². The molecule has 2 unspecified atom stereocenters. The molecule has 1 aromatic rings. The lowest BCUT2D eigenvalue weighted by Gasteiger charge is -2.27. The third kappa shape index (κ3) is 4.01. The van der Waals surface area contributed by atoms with E-state index in [1.54, 1.807) is 19.1 Å². The van der Waals surface area contributed by atoms with Gasteiger partial charge in [0.1, 0.15) is 5.75 Å². The lowest BCUT2D eigenvalue weighted by atomic mass is 9.91. The molecule has 0 saturated heterocycles. The topological polar surface area (TPSA) is 49.8 Å². The molecule has 1 aliphatic carbocycles. The van der Waals surface area contributed by atoms with E-state index in [1.807, 2.05) is 31.2 Å². The normalized spacial score (nSPS) is 18.0. The highest BCUT2D eigenvalue weighted by atomic mass is 16.5. The van der Waals surface area contributed by atoms with E-state index in [2.05, 4.69) is 0 Å². The van der Waals surface area contributed by atoms with Crippen molar-refractivity contribution < 1.29 is 14.6 Å². The summed E-state index contributed by atoms with van der Waals surface area (Å²) in [6, 6.07) is 7.31. The number of methoxy groups -OCH3 is 1. The van der Waals surface area contributed by atoms with Crippen molar-refractivity contribution in [2.45, 2.75) is 38.7 Å². The number of carbonyl (C=O) groups is 1. The summed E-state index contributed by atoms with van der Waals surface area (Å²) in [6.07, 6.45) is 4.11. The van der Waals surface area contributed by atoms with Gasteiger partial charge in [-0.05, 0) is 36.5 Å². The SMILES string of the molecule is COc1ccc(C(O)CN(C)C(=O)C(C)C2CCCC2)cc1. The fourth-order valence-electron chi connectivity index (χ4n) is 3.29. The van der Waals surface area contributed by atoms with Gasteiger partial charge >= 0.3 is 0 Å². The number of amides is 1. The number of aliphatic hydroxyl groups is 1. The summed E-state index contributed by atoms with van der Waals surface area (Å²) in [5.74, 6) is 1.46. The average molecular weight is 305 g/mol. The molecule has 0 bridgehead atoms. The molecule has 0 heterocycles. The standard InChI is InChI=1S/C18H27NO3/c1-13(14-6-4-5-7-14)18(21)19(2)12-17(20)15-8-10-16(22-3)11-9-15/h8-11,13-14,17,20H,4-7,12H2,1-3H3. The number of benzene rings is 1. The molecule has 22 heavy (non-hydrogen) atoms. The molecule has 0 spiro atoms. The van der Waals surface area contributed by atoms with Gasteiger partial charge in [-0.15, -0.1) is 0 Å². The van der Waals surface area contributed by atoms with Crippen molar-refractivity contribution in [2.24, 2.45) is 11.8 Å². The zero-order valence-corrected chi connectivity index (χ0v) is 13.8. The van der Waals surface area contributed by atoms with Crippen LogP contribution in [0.2, 0.25) is 0 Å². The van der Waals surface area contributed by atoms with E-state index >= 15 is 0 Å². The first kappa shape index (κ1) is 16.8. The lowest BCUT2D eigenvalue weighted by Crippen LogP contribution is -2.37. The summed E-state index contributed by atoms with van der Waals surface area (Å²) in [7, 11) is 3.39. The van der Waals surface area contributed by atoms with Crippen molar-refractivity contribution in [1.82, 2.24) is 4.90 Å². The summed E-state index contributed by atoms with van der Waals surface area (Å²) in [5, 5.41) is 10.3. The molecule has 1 aliphatic rings. The predicted molar refractivity (Wildman–Crippen MR) is 86.7 cm³/mol. The fraction of sp³-hybridized carbons (Fsp3) is 0.611. The van der Waals surface area contributed by atoms with Crippen molar-refractivity contribution >= 4 is 5.91 Å². The molecule has 0 aliphatic heterocycles. The van der Waals surface area contributed by atoms with Crippen LogP contribution in [-0.4, -0.2) is 36.6 Å². The van der Waals surface area contributed by atoms with E-state index in [-0.39, 0.29) is 11.8 Å². The molecule has 1 aromatic carbocycles. The molecule has 4 heteroatoms. The van der Waals surface area contributed by atoms with Crippen LogP contribution in [0.25, 0.3) is 0 Å². The summed E-state index contributed by atoms with van der Waals surface area (Å²) < 4.78 is 5.11. The maximum absolute atomic E-state index is 12.5. The Morgan fingerprint density at radius 3 is 2.45 bits per heavy atom. The molecule has 2 rings (SSSR count). The third-order valence-corrected chi connectivity index (χ3v) is 4.82. The number of nitrogens with zero attached hydrogens (tertiary/aromatic N) is 1. The second-order valence-electron chi connectivity index (χ2n) is 6.34. The van der Waals surface area contributed by atoms with Gasteiger partial charge in [0.15, 0.2) is 0 Å². The van der Waals surface area contributed by atoms with E-state index in [9.17, 15) is 9.90 Å². The Morgan fingerprint density at radius 1 is 1.32 bits per heavy atom. The molecular formula is C18H27NO3. The molecule has 2 atom stereocenters. The van der Waals surface area contributed by atoms with Crippen molar-refractivity contribution in [3.63, 3.8) is 0 Å². The van der Waals surface area contributed by atoms with Gasteiger partial charge in [0.2, 0.25) is 5.91 Å². The average Bonchev–Trinajstić information content (AvgIpc) is 3.07. The Balaban J connectivity index is 1.91. The highest BCUT2D eigenvalue weighted by Gasteiger charge is 2.29. The van der Waals surface area contributed by atoms with Gasteiger partial charge in [0.25, 0.3) is 0 Å². The number of aliphatic hydroxyl groups excluding tert-OH is 1. The molecule has 0 aromatic heterocycles. The highest BCUT2D eigenvalue weighted by molar-refractivity contribution is 5.78. The summed E-state index contributed by atoms with van der Waals surface area (Å²) in [4.78, 5) is 14.2. The Hall–Kier alpha value is -1.55. The van der Waals surface area contributed by atoms with Crippen LogP contribution in [0.5, 0.6) is 5.75 Å². The summed E-state index contributed by atoms with van der Waals surface area (Å²) in [5.41, 5.74) is 0.800.